The van der Waals surface area contributed by atoms with Gasteiger partial charge in [0.15, 0.2) is 6.61 Å². The lowest BCUT2D eigenvalue weighted by Crippen LogP contribution is -2.21. The Morgan fingerprint density at radius 1 is 1.11 bits per heavy atom. The summed E-state index contributed by atoms with van der Waals surface area (Å²) in [5.41, 5.74) is 2.56. The van der Waals surface area contributed by atoms with Gasteiger partial charge >= 0.3 is 5.97 Å². The molecule has 0 atom stereocenters. The average molecular weight is 415 g/mol. The van der Waals surface area contributed by atoms with Crippen LogP contribution in [0.2, 0.25) is 0 Å². The largest absolute Gasteiger partial charge is 0.455 e. The maximum absolute atomic E-state index is 12.0. The normalized spacial score (nSPS) is 11.2. The number of thiazole rings is 1. The summed E-state index contributed by atoms with van der Waals surface area (Å²) in [5.74, 6) is -0.837. The van der Waals surface area contributed by atoms with Crippen LogP contribution in [-0.4, -0.2) is 23.5 Å². The molecule has 0 fully saturated rings. The highest BCUT2D eigenvalue weighted by Gasteiger charge is 2.14. The molecule has 0 bridgehead atoms. The maximum atomic E-state index is 12.0. The Hall–Kier alpha value is -2.51. The van der Waals surface area contributed by atoms with Gasteiger partial charge < -0.3 is 10.1 Å². The van der Waals surface area contributed by atoms with Gasteiger partial charge in [0.1, 0.15) is 5.01 Å². The lowest BCUT2D eigenvalue weighted by molar-refractivity contribution is -0.146. The van der Waals surface area contributed by atoms with Gasteiger partial charge in [0, 0.05) is 11.1 Å². The van der Waals surface area contributed by atoms with Gasteiger partial charge in [0.05, 0.1) is 17.0 Å². The quantitative estimate of drug-likeness (QED) is 0.583. The van der Waals surface area contributed by atoms with E-state index in [4.69, 9.17) is 4.74 Å². The van der Waals surface area contributed by atoms with Gasteiger partial charge in [-0.15, -0.1) is 22.7 Å². The fourth-order valence-electron chi connectivity index (χ4n) is 2.50. The number of anilines is 1. The topological polar surface area (TPSA) is 68.3 Å². The lowest BCUT2D eigenvalue weighted by atomic mass is 9.87. The highest BCUT2D eigenvalue weighted by atomic mass is 32.1. The Bertz CT molecular complexity index is 939. The molecule has 0 unspecified atom stereocenters. The van der Waals surface area contributed by atoms with Gasteiger partial charge in [0.2, 0.25) is 0 Å². The number of aromatic nitrogens is 1. The van der Waals surface area contributed by atoms with E-state index in [1.165, 1.54) is 16.9 Å². The number of esters is 1. The standard InChI is InChI=1S/C21H22N2O3S2/c1-21(2,3)14-6-8-15(9-7-14)22-18(24)12-26-19(25)11-16-13-28-20(23-16)17-5-4-10-27-17/h4-10,13H,11-12H2,1-3H3,(H,22,24). The Kier molecular flexibility index (Phi) is 6.26. The summed E-state index contributed by atoms with van der Waals surface area (Å²) in [6.45, 7) is 6.07. The van der Waals surface area contributed by atoms with Crippen LogP contribution in [0.3, 0.4) is 0 Å². The summed E-state index contributed by atoms with van der Waals surface area (Å²) in [6, 6.07) is 11.6. The Labute approximate surface area is 172 Å². The van der Waals surface area contributed by atoms with Gasteiger partial charge in [-0.3, -0.25) is 9.59 Å². The summed E-state index contributed by atoms with van der Waals surface area (Å²) >= 11 is 3.09. The molecular weight excluding hydrogens is 392 g/mol. The van der Waals surface area contributed by atoms with Crippen LogP contribution in [0.4, 0.5) is 5.69 Å². The van der Waals surface area contributed by atoms with Gasteiger partial charge in [-0.2, -0.15) is 0 Å². The molecule has 1 amide bonds. The molecule has 146 valence electrons. The molecule has 7 heteroatoms. The summed E-state index contributed by atoms with van der Waals surface area (Å²) in [4.78, 5) is 29.5. The fraction of sp³-hybridized carbons (Fsp3) is 0.286. The predicted molar refractivity (Wildman–Crippen MR) is 114 cm³/mol. The molecule has 1 N–H and O–H groups in total. The van der Waals surface area contributed by atoms with Gasteiger partial charge in [-0.05, 0) is 34.6 Å². The average Bonchev–Trinajstić information content (AvgIpc) is 3.31. The number of hydrogen-bond donors (Lipinski definition) is 1. The molecular formula is C21H22N2O3S2. The summed E-state index contributed by atoms with van der Waals surface area (Å²) in [6.07, 6.45) is 0.0510. The minimum atomic E-state index is -0.471. The van der Waals surface area contributed by atoms with Crippen molar-refractivity contribution in [3.63, 3.8) is 0 Å². The zero-order valence-corrected chi connectivity index (χ0v) is 17.7. The first-order valence-electron chi connectivity index (χ1n) is 8.85. The molecule has 3 aromatic rings. The fourth-order valence-corrected chi connectivity index (χ4v) is 4.13. The van der Waals surface area contributed by atoms with Crippen molar-refractivity contribution < 1.29 is 14.3 Å². The first-order valence-corrected chi connectivity index (χ1v) is 10.6. The molecule has 0 saturated carbocycles. The zero-order valence-electron chi connectivity index (χ0n) is 16.0. The number of hydrogen-bond acceptors (Lipinski definition) is 6. The lowest BCUT2D eigenvalue weighted by Gasteiger charge is -2.19. The Balaban J connectivity index is 1.46. The maximum Gasteiger partial charge on any atom is 0.312 e. The van der Waals surface area contributed by atoms with Crippen LogP contribution in [0.25, 0.3) is 9.88 Å². The molecule has 5 nitrogen and oxygen atoms in total. The highest BCUT2D eigenvalue weighted by Crippen LogP contribution is 2.28. The smallest absolute Gasteiger partial charge is 0.312 e. The summed E-state index contributed by atoms with van der Waals surface area (Å²) in [7, 11) is 0. The molecule has 28 heavy (non-hydrogen) atoms. The number of ether oxygens (including phenoxy) is 1. The second kappa shape index (κ2) is 8.67. The zero-order chi connectivity index (χ0) is 20.1. The molecule has 2 heterocycles. The Morgan fingerprint density at radius 3 is 2.50 bits per heavy atom. The molecule has 0 spiro atoms. The van der Waals surface area contributed by atoms with E-state index in [0.29, 0.717) is 11.4 Å². The van der Waals surface area contributed by atoms with Crippen molar-refractivity contribution >= 4 is 40.2 Å². The number of nitrogens with zero attached hydrogens (tertiary/aromatic N) is 1. The number of carbonyl (C=O) groups is 2. The highest BCUT2D eigenvalue weighted by molar-refractivity contribution is 7.20. The molecule has 0 radical (unpaired) electrons. The van der Waals surface area contributed by atoms with Crippen molar-refractivity contribution in [3.05, 3.63) is 58.4 Å². The summed E-state index contributed by atoms with van der Waals surface area (Å²) < 4.78 is 5.07. The minimum absolute atomic E-state index is 0.0510. The monoisotopic (exact) mass is 414 g/mol. The Morgan fingerprint density at radius 2 is 1.86 bits per heavy atom. The van der Waals surface area contributed by atoms with Crippen molar-refractivity contribution in [2.24, 2.45) is 0 Å². The van der Waals surface area contributed by atoms with Gasteiger partial charge in [-0.1, -0.05) is 39.0 Å². The molecule has 0 aliphatic rings. The number of nitrogens with one attached hydrogen (secondary N) is 1. The van der Waals surface area contributed by atoms with Crippen molar-refractivity contribution in [2.45, 2.75) is 32.6 Å². The molecule has 0 aliphatic carbocycles. The third kappa shape index (κ3) is 5.50. The van der Waals surface area contributed by atoms with Crippen molar-refractivity contribution in [1.82, 2.24) is 4.98 Å². The van der Waals surface area contributed by atoms with E-state index in [9.17, 15) is 9.59 Å². The third-order valence-electron chi connectivity index (χ3n) is 4.01. The molecule has 3 rings (SSSR count). The number of amides is 1. The predicted octanol–water partition coefficient (Wildman–Crippen LogP) is 4.89. The van der Waals surface area contributed by atoms with E-state index >= 15 is 0 Å². The van der Waals surface area contributed by atoms with Crippen LogP contribution < -0.4 is 5.32 Å². The van der Waals surface area contributed by atoms with Crippen LogP contribution in [-0.2, 0) is 26.2 Å². The molecule has 1 aromatic carbocycles. The van der Waals surface area contributed by atoms with Crippen LogP contribution >= 0.6 is 22.7 Å². The van der Waals surface area contributed by atoms with Crippen LogP contribution in [0.1, 0.15) is 32.0 Å². The molecule has 0 aliphatic heterocycles. The van der Waals surface area contributed by atoms with E-state index in [-0.39, 0.29) is 24.3 Å². The van der Waals surface area contributed by atoms with Crippen molar-refractivity contribution in [3.8, 4) is 9.88 Å². The molecule has 2 aromatic heterocycles. The second-order valence-electron chi connectivity index (χ2n) is 7.33. The third-order valence-corrected chi connectivity index (χ3v) is 5.94. The van der Waals surface area contributed by atoms with E-state index in [2.05, 4.69) is 31.1 Å². The number of thiophene rings is 1. The van der Waals surface area contributed by atoms with Gasteiger partial charge in [0.25, 0.3) is 5.91 Å². The second-order valence-corrected chi connectivity index (χ2v) is 9.14. The van der Waals surface area contributed by atoms with Gasteiger partial charge in [-0.25, -0.2) is 4.98 Å². The van der Waals surface area contributed by atoms with E-state index < -0.39 is 5.97 Å². The number of rotatable bonds is 6. The SMILES string of the molecule is CC(C)(C)c1ccc(NC(=O)COC(=O)Cc2csc(-c3cccs3)n2)cc1. The first kappa shape index (κ1) is 20.2. The van der Waals surface area contributed by atoms with Crippen LogP contribution in [0.15, 0.2) is 47.2 Å². The first-order chi connectivity index (χ1) is 13.3. The van der Waals surface area contributed by atoms with Crippen LogP contribution in [0.5, 0.6) is 0 Å². The van der Waals surface area contributed by atoms with E-state index in [0.717, 1.165) is 9.88 Å². The van der Waals surface area contributed by atoms with E-state index in [1.54, 1.807) is 11.3 Å². The minimum Gasteiger partial charge on any atom is -0.455 e. The van der Waals surface area contributed by atoms with E-state index in [1.807, 2.05) is 47.2 Å². The van der Waals surface area contributed by atoms with Crippen molar-refractivity contribution in [2.75, 3.05) is 11.9 Å². The summed E-state index contributed by atoms with van der Waals surface area (Å²) in [5, 5.41) is 7.44. The molecule has 0 saturated heterocycles. The van der Waals surface area contributed by atoms with Crippen molar-refractivity contribution in [1.29, 1.82) is 0 Å². The number of carbonyl (C=O) groups excluding carboxylic acids is 2. The van der Waals surface area contributed by atoms with Crippen LogP contribution in [0, 0.1) is 0 Å². The number of benzene rings is 1.